The summed E-state index contributed by atoms with van der Waals surface area (Å²) in [5.41, 5.74) is 8.21. The van der Waals surface area contributed by atoms with Crippen LogP contribution in [0.2, 0.25) is 5.02 Å². The van der Waals surface area contributed by atoms with E-state index >= 15 is 0 Å². The molecule has 0 bridgehead atoms. The number of anilines is 1. The first-order chi connectivity index (χ1) is 18.7. The lowest BCUT2D eigenvalue weighted by Crippen LogP contribution is -2.32. The van der Waals surface area contributed by atoms with Gasteiger partial charge < -0.3 is 20.1 Å². The van der Waals surface area contributed by atoms with Gasteiger partial charge >= 0.3 is 0 Å². The van der Waals surface area contributed by atoms with Crippen molar-refractivity contribution in [1.82, 2.24) is 19.8 Å². The Labute approximate surface area is 240 Å². The van der Waals surface area contributed by atoms with E-state index in [0.717, 1.165) is 50.2 Å². The molecule has 4 aromatic rings. The van der Waals surface area contributed by atoms with E-state index in [-0.39, 0.29) is 18.0 Å². The van der Waals surface area contributed by atoms with Crippen LogP contribution in [0.25, 0.3) is 5.69 Å². The number of hydrogen-bond acceptors (Lipinski definition) is 3. The lowest BCUT2D eigenvalue weighted by molar-refractivity contribution is -0.116. The lowest BCUT2D eigenvalue weighted by atomic mass is 9.96. The molecule has 1 fully saturated rings. The van der Waals surface area contributed by atoms with Crippen LogP contribution in [0.4, 0.5) is 5.69 Å². The highest BCUT2D eigenvalue weighted by Crippen LogP contribution is 2.42. The molecule has 5 rings (SSSR count). The van der Waals surface area contributed by atoms with Gasteiger partial charge in [0.05, 0.1) is 17.8 Å². The van der Waals surface area contributed by atoms with Crippen molar-refractivity contribution in [1.29, 1.82) is 0 Å². The maximum atomic E-state index is 12.9. The third kappa shape index (κ3) is 5.42. The van der Waals surface area contributed by atoms with Crippen LogP contribution < -0.4 is 10.6 Å². The fourth-order valence-electron chi connectivity index (χ4n) is 5.45. The number of nitrogens with zero attached hydrogens (tertiary/aromatic N) is 3. The number of aromatic nitrogens is 2. The second kappa shape index (κ2) is 11.2. The molecule has 0 spiro atoms. The molecule has 8 heteroatoms. The van der Waals surface area contributed by atoms with Crippen LogP contribution in [0.5, 0.6) is 0 Å². The number of rotatable bonds is 7. The van der Waals surface area contributed by atoms with Crippen LogP contribution in [0.3, 0.4) is 0 Å². The first-order valence-electron chi connectivity index (χ1n) is 13.0. The van der Waals surface area contributed by atoms with Crippen molar-refractivity contribution in [3.05, 3.63) is 112 Å². The van der Waals surface area contributed by atoms with Crippen molar-refractivity contribution in [2.75, 3.05) is 11.9 Å². The lowest BCUT2D eigenvalue weighted by Gasteiger charge is -2.28. The third-order valence-electron chi connectivity index (χ3n) is 7.35. The normalized spacial score (nSPS) is 16.8. The first kappa shape index (κ1) is 26.9. The SMILES string of the molecule is Cc1cccc(NC(=O)CCN2C(=S)N[C@H](c3ccccn3)[C@@H]2c2cc(C)n(-c3cccc(Cl)c3C)c2C)c1. The molecule has 0 unspecified atom stereocenters. The van der Waals surface area contributed by atoms with Gasteiger partial charge in [0.15, 0.2) is 5.11 Å². The molecule has 1 aliphatic rings. The molecule has 200 valence electrons. The Bertz CT molecular complexity index is 1530. The van der Waals surface area contributed by atoms with E-state index in [1.54, 1.807) is 6.20 Å². The molecule has 1 amide bonds. The van der Waals surface area contributed by atoms with Crippen LogP contribution in [0.15, 0.2) is 72.9 Å². The number of carbonyl (C=O) groups is 1. The predicted octanol–water partition coefficient (Wildman–Crippen LogP) is 6.76. The van der Waals surface area contributed by atoms with Gasteiger partial charge in [-0.3, -0.25) is 9.78 Å². The molecule has 6 nitrogen and oxygen atoms in total. The van der Waals surface area contributed by atoms with Gasteiger partial charge in [-0.1, -0.05) is 35.9 Å². The van der Waals surface area contributed by atoms with Crippen LogP contribution >= 0.6 is 23.8 Å². The molecule has 2 N–H and O–H groups in total. The van der Waals surface area contributed by atoms with Gasteiger partial charge in [0.1, 0.15) is 0 Å². The summed E-state index contributed by atoms with van der Waals surface area (Å²) in [4.78, 5) is 19.7. The Kier molecular flexibility index (Phi) is 7.73. The largest absolute Gasteiger partial charge is 0.352 e. The van der Waals surface area contributed by atoms with Crippen molar-refractivity contribution < 1.29 is 4.79 Å². The molecule has 0 saturated carbocycles. The fraction of sp³-hybridized carbons (Fsp3) is 0.258. The zero-order chi connectivity index (χ0) is 27.7. The van der Waals surface area contributed by atoms with E-state index in [1.807, 2.05) is 68.4 Å². The van der Waals surface area contributed by atoms with Gasteiger partial charge in [-0.15, -0.1) is 0 Å². The summed E-state index contributed by atoms with van der Waals surface area (Å²) in [5.74, 6) is -0.0524. The summed E-state index contributed by atoms with van der Waals surface area (Å²) in [5, 5.41) is 7.86. The summed E-state index contributed by atoms with van der Waals surface area (Å²) in [7, 11) is 0. The summed E-state index contributed by atoms with van der Waals surface area (Å²) >= 11 is 12.3. The van der Waals surface area contributed by atoms with E-state index in [0.29, 0.717) is 18.1 Å². The summed E-state index contributed by atoms with van der Waals surface area (Å²) in [6.07, 6.45) is 2.10. The molecule has 2 aromatic carbocycles. The number of carbonyl (C=O) groups excluding carboxylic acids is 1. The zero-order valence-electron chi connectivity index (χ0n) is 22.5. The van der Waals surface area contributed by atoms with Gasteiger partial charge in [0, 0.05) is 46.9 Å². The maximum Gasteiger partial charge on any atom is 0.226 e. The van der Waals surface area contributed by atoms with Crippen LogP contribution in [-0.4, -0.2) is 32.0 Å². The summed E-state index contributed by atoms with van der Waals surface area (Å²) in [6, 6.07) is 21.6. The predicted molar refractivity (Wildman–Crippen MR) is 162 cm³/mol. The Morgan fingerprint density at radius 3 is 2.59 bits per heavy atom. The van der Waals surface area contributed by atoms with Crippen LogP contribution in [0, 0.1) is 27.7 Å². The van der Waals surface area contributed by atoms with Gasteiger partial charge in [-0.05, 0) is 99.1 Å². The van der Waals surface area contributed by atoms with E-state index in [9.17, 15) is 4.79 Å². The molecular weight excluding hydrogens is 526 g/mol. The Morgan fingerprint density at radius 1 is 1.05 bits per heavy atom. The minimum atomic E-state index is -0.159. The highest BCUT2D eigenvalue weighted by molar-refractivity contribution is 7.80. The Morgan fingerprint density at radius 2 is 1.85 bits per heavy atom. The van der Waals surface area contributed by atoms with Crippen molar-refractivity contribution in [2.45, 2.75) is 46.2 Å². The number of benzene rings is 2. The Balaban J connectivity index is 1.49. The van der Waals surface area contributed by atoms with E-state index in [4.69, 9.17) is 23.8 Å². The Hall–Kier alpha value is -3.68. The number of hydrogen-bond donors (Lipinski definition) is 2. The number of aryl methyl sites for hydroxylation is 2. The van der Waals surface area contributed by atoms with Crippen LogP contribution in [-0.2, 0) is 4.79 Å². The molecular formula is C31H32ClN5OS. The third-order valence-corrected chi connectivity index (χ3v) is 8.11. The number of nitrogens with one attached hydrogen (secondary N) is 2. The zero-order valence-corrected chi connectivity index (χ0v) is 24.1. The molecule has 39 heavy (non-hydrogen) atoms. The standard InChI is InChI=1S/C31H32ClN5OS/c1-19-9-7-10-23(17-19)34-28(38)14-16-36-30(29(35-31(36)39)26-12-5-6-15-33-26)24-18-20(2)37(22(24)4)27-13-8-11-25(32)21(27)3/h5-13,15,17-18,29-30H,14,16H2,1-4H3,(H,34,38)(H,35,39)/t29-,30+/m1/s1. The highest BCUT2D eigenvalue weighted by Gasteiger charge is 2.41. The molecule has 2 aromatic heterocycles. The van der Waals surface area contributed by atoms with Crippen molar-refractivity contribution in [3.8, 4) is 5.69 Å². The van der Waals surface area contributed by atoms with E-state index in [1.165, 1.54) is 0 Å². The molecule has 2 atom stereocenters. The first-order valence-corrected chi connectivity index (χ1v) is 13.8. The van der Waals surface area contributed by atoms with Gasteiger partial charge in [0.2, 0.25) is 5.91 Å². The topological polar surface area (TPSA) is 62.2 Å². The molecule has 0 radical (unpaired) electrons. The smallest absolute Gasteiger partial charge is 0.226 e. The highest BCUT2D eigenvalue weighted by atomic mass is 35.5. The van der Waals surface area contributed by atoms with Crippen molar-refractivity contribution in [3.63, 3.8) is 0 Å². The van der Waals surface area contributed by atoms with Gasteiger partial charge in [-0.2, -0.15) is 0 Å². The van der Waals surface area contributed by atoms with Crippen LogP contribution in [0.1, 0.15) is 52.3 Å². The average molecular weight is 558 g/mol. The number of thiocarbonyl (C=S) groups is 1. The van der Waals surface area contributed by atoms with Crippen molar-refractivity contribution in [2.24, 2.45) is 0 Å². The molecule has 3 heterocycles. The molecule has 0 aliphatic carbocycles. The molecule has 1 saturated heterocycles. The average Bonchev–Trinajstić information content (AvgIpc) is 3.39. The molecule has 1 aliphatic heterocycles. The van der Waals surface area contributed by atoms with Gasteiger partial charge in [0.25, 0.3) is 0 Å². The van der Waals surface area contributed by atoms with Gasteiger partial charge in [-0.25, -0.2) is 0 Å². The fourth-order valence-corrected chi connectivity index (χ4v) is 5.95. The maximum absolute atomic E-state index is 12.9. The van der Waals surface area contributed by atoms with E-state index < -0.39 is 0 Å². The second-order valence-corrected chi connectivity index (χ2v) is 10.8. The monoisotopic (exact) mass is 557 g/mol. The number of amides is 1. The number of halogens is 1. The quantitative estimate of drug-likeness (QED) is 0.246. The minimum Gasteiger partial charge on any atom is -0.352 e. The second-order valence-electron chi connectivity index (χ2n) is 10.0. The van der Waals surface area contributed by atoms with E-state index in [2.05, 4.69) is 51.1 Å². The summed E-state index contributed by atoms with van der Waals surface area (Å²) < 4.78 is 2.25. The minimum absolute atomic E-state index is 0.0524. The van der Waals surface area contributed by atoms with Crippen molar-refractivity contribution >= 4 is 40.5 Å². The number of pyridine rings is 1. The summed E-state index contributed by atoms with van der Waals surface area (Å²) in [6.45, 7) is 8.75.